The van der Waals surface area contributed by atoms with Gasteiger partial charge in [0.1, 0.15) is 11.3 Å². The summed E-state index contributed by atoms with van der Waals surface area (Å²) in [5, 5.41) is 0.928. The van der Waals surface area contributed by atoms with Crippen LogP contribution in [-0.4, -0.2) is 29.8 Å². The lowest BCUT2D eigenvalue weighted by Gasteiger charge is -2.35. The van der Waals surface area contributed by atoms with E-state index in [2.05, 4.69) is 4.98 Å². The highest BCUT2D eigenvalue weighted by molar-refractivity contribution is 6.03. The average molecular weight is 302 g/mol. The van der Waals surface area contributed by atoms with Crippen molar-refractivity contribution in [1.82, 2.24) is 4.98 Å². The zero-order valence-corrected chi connectivity index (χ0v) is 13.0. The fraction of sp³-hybridized carbons (Fsp3) is 0.375. The highest BCUT2D eigenvalue weighted by Gasteiger charge is 2.33. The summed E-state index contributed by atoms with van der Waals surface area (Å²) in [6.07, 6.45) is -0.358. The first kappa shape index (κ1) is 14.4. The van der Waals surface area contributed by atoms with Crippen molar-refractivity contribution >= 4 is 28.7 Å². The highest BCUT2D eigenvalue weighted by atomic mass is 16.6. The molecule has 1 aliphatic heterocycles. The molecule has 0 spiro atoms. The van der Waals surface area contributed by atoms with Gasteiger partial charge in [0.15, 0.2) is 0 Å². The van der Waals surface area contributed by atoms with E-state index in [1.54, 1.807) is 11.0 Å². The number of H-pyrrole nitrogens is 1. The van der Waals surface area contributed by atoms with E-state index in [1.807, 2.05) is 32.9 Å². The second kappa shape index (κ2) is 4.76. The number of fused-ring (bicyclic) bond motifs is 3. The van der Waals surface area contributed by atoms with Crippen molar-refractivity contribution in [1.29, 1.82) is 0 Å². The number of benzene rings is 1. The third-order valence-corrected chi connectivity index (χ3v) is 3.52. The van der Waals surface area contributed by atoms with E-state index in [9.17, 15) is 9.59 Å². The summed E-state index contributed by atoms with van der Waals surface area (Å²) in [4.78, 5) is 28.3. The van der Waals surface area contributed by atoms with Crippen LogP contribution in [0.15, 0.2) is 18.2 Å². The molecular weight excluding hydrogens is 284 g/mol. The van der Waals surface area contributed by atoms with Crippen LogP contribution < -0.4 is 4.90 Å². The molecular formula is C16H18N2O4. The van der Waals surface area contributed by atoms with Gasteiger partial charge in [0, 0.05) is 16.5 Å². The summed E-state index contributed by atoms with van der Waals surface area (Å²) < 4.78 is 10.1. The van der Waals surface area contributed by atoms with Crippen LogP contribution in [0.1, 0.15) is 36.8 Å². The second-order valence-corrected chi connectivity index (χ2v) is 6.27. The Labute approximate surface area is 128 Å². The minimum absolute atomic E-state index is 0.358. The van der Waals surface area contributed by atoms with E-state index < -0.39 is 11.6 Å². The van der Waals surface area contributed by atoms with Crippen molar-refractivity contribution in [3.63, 3.8) is 0 Å². The number of rotatable bonds is 1. The topological polar surface area (TPSA) is 71.6 Å². The molecule has 1 aliphatic rings. The molecule has 0 atom stereocenters. The van der Waals surface area contributed by atoms with Gasteiger partial charge in [-0.25, -0.2) is 9.59 Å². The molecule has 1 aromatic heterocycles. The lowest BCUT2D eigenvalue weighted by Crippen LogP contribution is -2.41. The van der Waals surface area contributed by atoms with Crippen LogP contribution >= 0.6 is 0 Å². The van der Waals surface area contributed by atoms with Gasteiger partial charge >= 0.3 is 12.1 Å². The van der Waals surface area contributed by atoms with Gasteiger partial charge in [-0.1, -0.05) is 0 Å². The Morgan fingerprint density at radius 2 is 2.00 bits per heavy atom. The number of aromatic amines is 1. The number of hydrogen-bond donors (Lipinski definition) is 1. The van der Waals surface area contributed by atoms with E-state index in [-0.39, 0.29) is 6.09 Å². The van der Waals surface area contributed by atoms with Crippen LogP contribution in [0, 0.1) is 0 Å². The molecule has 3 rings (SSSR count). The maximum atomic E-state index is 12.1. The molecule has 116 valence electrons. The number of aromatic nitrogens is 1. The van der Waals surface area contributed by atoms with E-state index in [4.69, 9.17) is 9.47 Å². The number of carbonyl (C=O) groups excluding carboxylic acids is 2. The monoisotopic (exact) mass is 302 g/mol. The van der Waals surface area contributed by atoms with Crippen molar-refractivity contribution in [2.24, 2.45) is 0 Å². The highest BCUT2D eigenvalue weighted by Crippen LogP contribution is 2.39. The number of nitrogens with one attached hydrogen (secondary N) is 1. The fourth-order valence-corrected chi connectivity index (χ4v) is 2.52. The SMILES string of the molecule is COC(=O)c1cc2c3c(ccc2[nH]1)N(C(=O)OC(C)(C)C)C3. The van der Waals surface area contributed by atoms with E-state index in [0.29, 0.717) is 12.2 Å². The Morgan fingerprint density at radius 1 is 1.27 bits per heavy atom. The molecule has 0 saturated heterocycles. The van der Waals surface area contributed by atoms with E-state index in [0.717, 1.165) is 22.2 Å². The Balaban J connectivity index is 1.91. The number of nitrogens with zero attached hydrogens (tertiary/aromatic N) is 1. The van der Waals surface area contributed by atoms with Gasteiger partial charge in [-0.15, -0.1) is 0 Å². The molecule has 6 heteroatoms. The Morgan fingerprint density at radius 3 is 2.64 bits per heavy atom. The number of anilines is 1. The molecule has 1 aromatic carbocycles. The molecule has 0 bridgehead atoms. The Kier molecular flexibility index (Phi) is 3.12. The number of ether oxygens (including phenoxy) is 2. The maximum Gasteiger partial charge on any atom is 0.415 e. The van der Waals surface area contributed by atoms with Crippen molar-refractivity contribution in [2.75, 3.05) is 12.0 Å². The van der Waals surface area contributed by atoms with Crippen LogP contribution in [0.25, 0.3) is 10.9 Å². The van der Waals surface area contributed by atoms with E-state index in [1.165, 1.54) is 7.11 Å². The predicted molar refractivity (Wildman–Crippen MR) is 82.1 cm³/mol. The summed E-state index contributed by atoms with van der Waals surface area (Å²) in [5.41, 5.74) is 2.57. The summed E-state index contributed by atoms with van der Waals surface area (Å²) in [6, 6.07) is 5.45. The second-order valence-electron chi connectivity index (χ2n) is 6.27. The van der Waals surface area contributed by atoms with Crippen LogP contribution in [0.2, 0.25) is 0 Å². The summed E-state index contributed by atoms with van der Waals surface area (Å²) >= 11 is 0. The van der Waals surface area contributed by atoms with Crippen LogP contribution in [0.4, 0.5) is 10.5 Å². The van der Waals surface area contributed by atoms with E-state index >= 15 is 0 Å². The first-order chi connectivity index (χ1) is 10.3. The number of esters is 1. The van der Waals surface area contributed by atoms with Gasteiger partial charge in [0.05, 0.1) is 19.3 Å². The molecule has 1 N–H and O–H groups in total. The third kappa shape index (κ3) is 2.30. The van der Waals surface area contributed by atoms with Crippen molar-refractivity contribution < 1.29 is 19.1 Å². The predicted octanol–water partition coefficient (Wildman–Crippen LogP) is 3.21. The lowest BCUT2D eigenvalue weighted by molar-refractivity contribution is 0.0566. The summed E-state index contributed by atoms with van der Waals surface area (Å²) in [6.45, 7) is 5.98. The normalized spacial score (nSPS) is 13.5. The van der Waals surface area contributed by atoms with Gasteiger partial charge < -0.3 is 14.5 Å². The van der Waals surface area contributed by atoms with Gasteiger partial charge in [-0.2, -0.15) is 0 Å². The fourth-order valence-electron chi connectivity index (χ4n) is 2.52. The van der Waals surface area contributed by atoms with Crippen LogP contribution in [0.3, 0.4) is 0 Å². The van der Waals surface area contributed by atoms with Gasteiger partial charge in [-0.05, 0) is 39.0 Å². The zero-order chi connectivity index (χ0) is 16.1. The number of hydrogen-bond acceptors (Lipinski definition) is 4. The minimum atomic E-state index is -0.525. The number of amides is 1. The molecule has 0 aliphatic carbocycles. The lowest BCUT2D eigenvalue weighted by atomic mass is 9.99. The molecule has 2 aromatic rings. The molecule has 0 unspecified atom stereocenters. The summed E-state index contributed by atoms with van der Waals surface area (Å²) in [5.74, 6) is -0.409. The quantitative estimate of drug-likeness (QED) is 0.821. The first-order valence-electron chi connectivity index (χ1n) is 7.03. The average Bonchev–Trinajstić information content (AvgIpc) is 2.79. The van der Waals surface area contributed by atoms with Crippen molar-refractivity contribution in [3.8, 4) is 0 Å². The minimum Gasteiger partial charge on any atom is -0.464 e. The van der Waals surface area contributed by atoms with Gasteiger partial charge in [-0.3, -0.25) is 4.90 Å². The van der Waals surface area contributed by atoms with Crippen LogP contribution in [0.5, 0.6) is 0 Å². The van der Waals surface area contributed by atoms with Gasteiger partial charge in [0.2, 0.25) is 0 Å². The first-order valence-corrected chi connectivity index (χ1v) is 7.03. The molecule has 6 nitrogen and oxygen atoms in total. The maximum absolute atomic E-state index is 12.1. The molecule has 0 radical (unpaired) electrons. The molecule has 2 heterocycles. The Hall–Kier alpha value is -2.50. The standard InChI is InChI=1S/C16H18N2O4/c1-16(2,3)22-15(20)18-8-10-9-7-12(14(19)21-4)17-11(9)5-6-13(10)18/h5-7,17H,8H2,1-4H3. The van der Waals surface area contributed by atoms with Crippen LogP contribution in [-0.2, 0) is 16.0 Å². The molecule has 22 heavy (non-hydrogen) atoms. The molecule has 1 amide bonds. The zero-order valence-electron chi connectivity index (χ0n) is 13.0. The number of carbonyl (C=O) groups is 2. The van der Waals surface area contributed by atoms with Crippen molar-refractivity contribution in [3.05, 3.63) is 29.5 Å². The third-order valence-electron chi connectivity index (χ3n) is 3.52. The summed E-state index contributed by atoms with van der Waals surface area (Å²) in [7, 11) is 1.34. The largest absolute Gasteiger partial charge is 0.464 e. The van der Waals surface area contributed by atoms with Crippen molar-refractivity contribution in [2.45, 2.75) is 32.9 Å². The molecule has 0 fully saturated rings. The molecule has 0 saturated carbocycles. The number of methoxy groups -OCH3 is 1. The smallest absolute Gasteiger partial charge is 0.415 e. The van der Waals surface area contributed by atoms with Gasteiger partial charge in [0.25, 0.3) is 0 Å². The Bertz CT molecular complexity index is 770.